The SMILES string of the molecule is O=C(Cn1cc(NC(=O)c2cccn(Cc3ccccc3)c2=O)cn1)NC1CCCC1. The molecule has 4 rings (SSSR count). The maximum absolute atomic E-state index is 12.7. The Balaban J connectivity index is 1.39. The van der Waals surface area contributed by atoms with Crippen LogP contribution in [0.5, 0.6) is 0 Å². The first-order valence-corrected chi connectivity index (χ1v) is 10.4. The topological polar surface area (TPSA) is 98.0 Å². The van der Waals surface area contributed by atoms with Crippen molar-refractivity contribution in [2.75, 3.05) is 5.32 Å². The highest BCUT2D eigenvalue weighted by Crippen LogP contribution is 2.17. The van der Waals surface area contributed by atoms with E-state index in [1.54, 1.807) is 18.5 Å². The number of hydrogen-bond acceptors (Lipinski definition) is 4. The average Bonchev–Trinajstić information content (AvgIpc) is 3.42. The average molecular weight is 419 g/mol. The molecule has 8 nitrogen and oxygen atoms in total. The Bertz CT molecular complexity index is 1110. The van der Waals surface area contributed by atoms with Crippen LogP contribution in [-0.2, 0) is 17.9 Å². The second-order valence-corrected chi connectivity index (χ2v) is 7.77. The minimum atomic E-state index is -0.512. The van der Waals surface area contributed by atoms with Gasteiger partial charge < -0.3 is 15.2 Å². The molecule has 160 valence electrons. The number of pyridine rings is 1. The fourth-order valence-corrected chi connectivity index (χ4v) is 3.82. The minimum Gasteiger partial charge on any atom is -0.352 e. The molecule has 31 heavy (non-hydrogen) atoms. The Morgan fingerprint density at radius 1 is 1.06 bits per heavy atom. The van der Waals surface area contributed by atoms with Crippen LogP contribution in [0, 0.1) is 0 Å². The van der Waals surface area contributed by atoms with E-state index in [2.05, 4.69) is 15.7 Å². The molecule has 1 saturated carbocycles. The van der Waals surface area contributed by atoms with Gasteiger partial charge >= 0.3 is 0 Å². The molecule has 0 aliphatic heterocycles. The summed E-state index contributed by atoms with van der Waals surface area (Å²) in [5.74, 6) is -0.609. The molecule has 2 heterocycles. The number of anilines is 1. The van der Waals surface area contributed by atoms with Gasteiger partial charge in [0.15, 0.2) is 0 Å². The zero-order valence-electron chi connectivity index (χ0n) is 17.2. The molecule has 1 aliphatic carbocycles. The van der Waals surface area contributed by atoms with Crippen LogP contribution in [0.2, 0.25) is 0 Å². The van der Waals surface area contributed by atoms with Crippen molar-refractivity contribution in [2.45, 2.75) is 44.8 Å². The number of rotatable bonds is 7. The summed E-state index contributed by atoms with van der Waals surface area (Å²) in [5.41, 5.74) is 1.08. The lowest BCUT2D eigenvalue weighted by Crippen LogP contribution is -2.35. The van der Waals surface area contributed by atoms with E-state index in [9.17, 15) is 14.4 Å². The van der Waals surface area contributed by atoms with Crippen molar-refractivity contribution in [1.82, 2.24) is 19.7 Å². The molecule has 2 aromatic heterocycles. The standard InChI is InChI=1S/C23H25N5O3/c29-21(25-18-9-4-5-10-18)16-28-15-19(13-24-28)26-22(30)20-11-6-12-27(23(20)31)14-17-7-2-1-3-8-17/h1-3,6-8,11-13,15,18H,4-5,9-10,14,16H2,(H,25,29)(H,26,30). The molecule has 0 unspecified atom stereocenters. The monoisotopic (exact) mass is 419 g/mol. The van der Waals surface area contributed by atoms with E-state index in [1.165, 1.54) is 21.5 Å². The molecular formula is C23H25N5O3. The maximum Gasteiger partial charge on any atom is 0.263 e. The van der Waals surface area contributed by atoms with Crippen LogP contribution >= 0.6 is 0 Å². The van der Waals surface area contributed by atoms with Crippen molar-refractivity contribution in [2.24, 2.45) is 0 Å². The molecule has 0 saturated heterocycles. The van der Waals surface area contributed by atoms with Crippen molar-refractivity contribution in [3.8, 4) is 0 Å². The fraction of sp³-hybridized carbons (Fsp3) is 0.304. The van der Waals surface area contributed by atoms with Crippen LogP contribution in [0.15, 0.2) is 65.8 Å². The second kappa shape index (κ2) is 9.42. The quantitative estimate of drug-likeness (QED) is 0.614. The van der Waals surface area contributed by atoms with E-state index in [0.29, 0.717) is 12.2 Å². The number of nitrogens with one attached hydrogen (secondary N) is 2. The van der Waals surface area contributed by atoms with Gasteiger partial charge in [0.2, 0.25) is 5.91 Å². The van der Waals surface area contributed by atoms with Gasteiger partial charge in [0.05, 0.1) is 18.4 Å². The molecule has 8 heteroatoms. The van der Waals surface area contributed by atoms with Crippen molar-refractivity contribution in [1.29, 1.82) is 0 Å². The molecule has 1 aromatic carbocycles. The maximum atomic E-state index is 12.7. The molecule has 0 spiro atoms. The van der Waals surface area contributed by atoms with Crippen LogP contribution in [0.1, 0.15) is 41.6 Å². The van der Waals surface area contributed by atoms with Gasteiger partial charge in [-0.3, -0.25) is 19.1 Å². The van der Waals surface area contributed by atoms with Crippen LogP contribution in [0.4, 0.5) is 5.69 Å². The molecule has 0 atom stereocenters. The highest BCUT2D eigenvalue weighted by molar-refractivity contribution is 6.03. The number of aromatic nitrogens is 3. The molecule has 1 aliphatic rings. The van der Waals surface area contributed by atoms with Crippen LogP contribution in [0.3, 0.4) is 0 Å². The number of carbonyl (C=O) groups is 2. The van der Waals surface area contributed by atoms with E-state index in [-0.39, 0.29) is 29.6 Å². The molecule has 2 N–H and O–H groups in total. The van der Waals surface area contributed by atoms with Gasteiger partial charge in [-0.1, -0.05) is 43.2 Å². The van der Waals surface area contributed by atoms with Crippen LogP contribution in [-0.4, -0.2) is 32.2 Å². The first-order valence-electron chi connectivity index (χ1n) is 10.4. The zero-order valence-corrected chi connectivity index (χ0v) is 17.2. The number of carbonyl (C=O) groups excluding carboxylic acids is 2. The van der Waals surface area contributed by atoms with Gasteiger partial charge in [-0.2, -0.15) is 5.10 Å². The van der Waals surface area contributed by atoms with Gasteiger partial charge in [-0.05, 0) is 30.5 Å². The summed E-state index contributed by atoms with van der Waals surface area (Å²) in [4.78, 5) is 37.6. The molecular weight excluding hydrogens is 394 g/mol. The molecule has 3 aromatic rings. The summed E-state index contributed by atoms with van der Waals surface area (Å²) in [7, 11) is 0. The third-order valence-corrected chi connectivity index (χ3v) is 5.38. The Labute approximate surface area is 179 Å². The lowest BCUT2D eigenvalue weighted by Gasteiger charge is -2.11. The summed E-state index contributed by atoms with van der Waals surface area (Å²) < 4.78 is 2.97. The predicted molar refractivity (Wildman–Crippen MR) is 117 cm³/mol. The Morgan fingerprint density at radius 3 is 2.61 bits per heavy atom. The lowest BCUT2D eigenvalue weighted by molar-refractivity contribution is -0.122. The van der Waals surface area contributed by atoms with E-state index in [0.717, 1.165) is 31.2 Å². The number of amides is 2. The van der Waals surface area contributed by atoms with Crippen molar-refractivity contribution >= 4 is 17.5 Å². The van der Waals surface area contributed by atoms with Gasteiger partial charge in [-0.15, -0.1) is 0 Å². The lowest BCUT2D eigenvalue weighted by atomic mass is 10.2. The summed E-state index contributed by atoms with van der Waals surface area (Å²) in [6.45, 7) is 0.469. The van der Waals surface area contributed by atoms with E-state index < -0.39 is 5.91 Å². The van der Waals surface area contributed by atoms with Crippen molar-refractivity contribution < 1.29 is 9.59 Å². The largest absolute Gasteiger partial charge is 0.352 e. The number of benzene rings is 1. The molecule has 2 amide bonds. The highest BCUT2D eigenvalue weighted by atomic mass is 16.2. The van der Waals surface area contributed by atoms with Crippen molar-refractivity contribution in [3.63, 3.8) is 0 Å². The third-order valence-electron chi connectivity index (χ3n) is 5.38. The summed E-state index contributed by atoms with van der Waals surface area (Å²) in [5, 5.41) is 9.83. The Kier molecular flexibility index (Phi) is 6.26. The van der Waals surface area contributed by atoms with E-state index in [1.807, 2.05) is 30.3 Å². The Hall–Kier alpha value is -3.68. The van der Waals surface area contributed by atoms with E-state index in [4.69, 9.17) is 0 Å². The Morgan fingerprint density at radius 2 is 1.84 bits per heavy atom. The fourth-order valence-electron chi connectivity index (χ4n) is 3.82. The van der Waals surface area contributed by atoms with Crippen molar-refractivity contribution in [3.05, 3.63) is 82.5 Å². The molecule has 0 radical (unpaired) electrons. The van der Waals surface area contributed by atoms with Crippen LogP contribution in [0.25, 0.3) is 0 Å². The predicted octanol–water partition coefficient (Wildman–Crippen LogP) is 2.40. The smallest absolute Gasteiger partial charge is 0.263 e. The summed E-state index contributed by atoms with van der Waals surface area (Å²) in [6, 6.07) is 13.0. The molecule has 0 bridgehead atoms. The van der Waals surface area contributed by atoms with Crippen LogP contribution < -0.4 is 16.2 Å². The van der Waals surface area contributed by atoms with E-state index >= 15 is 0 Å². The number of nitrogens with zero attached hydrogens (tertiary/aromatic N) is 3. The normalized spacial score (nSPS) is 13.8. The second-order valence-electron chi connectivity index (χ2n) is 7.77. The third kappa shape index (κ3) is 5.28. The van der Waals surface area contributed by atoms with Gasteiger partial charge in [0.25, 0.3) is 11.5 Å². The number of hydrogen-bond donors (Lipinski definition) is 2. The first kappa shape index (κ1) is 20.6. The molecule has 1 fully saturated rings. The highest BCUT2D eigenvalue weighted by Gasteiger charge is 2.18. The van der Waals surface area contributed by atoms with Gasteiger partial charge in [0.1, 0.15) is 12.1 Å². The van der Waals surface area contributed by atoms with Gasteiger partial charge in [0, 0.05) is 18.4 Å². The summed E-state index contributed by atoms with van der Waals surface area (Å²) >= 11 is 0. The van der Waals surface area contributed by atoms with Gasteiger partial charge in [-0.25, -0.2) is 0 Å². The zero-order chi connectivity index (χ0) is 21.6. The minimum absolute atomic E-state index is 0.0464. The summed E-state index contributed by atoms with van der Waals surface area (Å²) in [6.07, 6.45) is 9.04. The first-order chi connectivity index (χ1) is 15.1.